The molecule has 0 aromatic heterocycles. The third-order valence-electron chi connectivity index (χ3n) is 4.13. The van der Waals surface area contributed by atoms with Gasteiger partial charge in [-0.1, -0.05) is 47.5 Å². The highest BCUT2D eigenvalue weighted by Gasteiger charge is 2.09. The normalized spacial score (nSPS) is 10.3. The lowest BCUT2D eigenvalue weighted by atomic mass is 10.1. The zero-order valence-electron chi connectivity index (χ0n) is 15.9. The van der Waals surface area contributed by atoms with Gasteiger partial charge in [0.05, 0.1) is 6.54 Å². The summed E-state index contributed by atoms with van der Waals surface area (Å²) in [4.78, 5) is 23.9. The van der Waals surface area contributed by atoms with Crippen LogP contribution < -0.4 is 16.0 Å². The SMILES string of the molecule is Cc1cccc(CCNC(=O)NCC(=O)Nc2c(C)cc(C)cc2C)c1. The van der Waals surface area contributed by atoms with Gasteiger partial charge in [0, 0.05) is 12.2 Å². The summed E-state index contributed by atoms with van der Waals surface area (Å²) >= 11 is 0. The molecular formula is C21H27N3O2. The Bertz CT molecular complexity index is 777. The number of nitrogens with one attached hydrogen (secondary N) is 3. The maximum Gasteiger partial charge on any atom is 0.315 e. The highest BCUT2D eigenvalue weighted by Crippen LogP contribution is 2.21. The van der Waals surface area contributed by atoms with Gasteiger partial charge in [-0.15, -0.1) is 0 Å². The van der Waals surface area contributed by atoms with Crippen LogP contribution in [-0.4, -0.2) is 25.0 Å². The topological polar surface area (TPSA) is 70.2 Å². The Morgan fingerprint density at radius 3 is 2.23 bits per heavy atom. The number of hydrogen-bond donors (Lipinski definition) is 3. The minimum Gasteiger partial charge on any atom is -0.338 e. The molecule has 0 bridgehead atoms. The molecule has 0 fully saturated rings. The largest absolute Gasteiger partial charge is 0.338 e. The summed E-state index contributed by atoms with van der Waals surface area (Å²) in [6.45, 7) is 8.44. The van der Waals surface area contributed by atoms with Crippen LogP contribution in [0.3, 0.4) is 0 Å². The van der Waals surface area contributed by atoms with Crippen molar-refractivity contribution in [3.8, 4) is 0 Å². The average Bonchev–Trinajstić information content (AvgIpc) is 2.56. The third-order valence-corrected chi connectivity index (χ3v) is 4.13. The number of rotatable bonds is 6. The van der Waals surface area contributed by atoms with Gasteiger partial charge < -0.3 is 16.0 Å². The minimum atomic E-state index is -0.342. The Labute approximate surface area is 155 Å². The van der Waals surface area contributed by atoms with Gasteiger partial charge in [0.1, 0.15) is 0 Å². The minimum absolute atomic E-state index is 0.0664. The van der Waals surface area contributed by atoms with Crippen molar-refractivity contribution >= 4 is 17.6 Å². The van der Waals surface area contributed by atoms with E-state index >= 15 is 0 Å². The van der Waals surface area contributed by atoms with Crippen molar-refractivity contribution in [1.29, 1.82) is 0 Å². The Balaban J connectivity index is 1.74. The van der Waals surface area contributed by atoms with E-state index in [0.29, 0.717) is 6.54 Å². The number of hydrogen-bond acceptors (Lipinski definition) is 2. The Morgan fingerprint density at radius 2 is 1.58 bits per heavy atom. The Morgan fingerprint density at radius 1 is 0.885 bits per heavy atom. The van der Waals surface area contributed by atoms with Crippen molar-refractivity contribution in [2.24, 2.45) is 0 Å². The van der Waals surface area contributed by atoms with E-state index in [-0.39, 0.29) is 18.5 Å². The molecule has 5 nitrogen and oxygen atoms in total. The van der Waals surface area contributed by atoms with Gasteiger partial charge in [0.15, 0.2) is 0 Å². The van der Waals surface area contributed by atoms with Crippen molar-refractivity contribution in [3.63, 3.8) is 0 Å². The van der Waals surface area contributed by atoms with E-state index < -0.39 is 0 Å². The predicted molar refractivity (Wildman–Crippen MR) is 106 cm³/mol. The highest BCUT2D eigenvalue weighted by molar-refractivity contribution is 5.95. The van der Waals surface area contributed by atoms with Crippen LogP contribution in [0.15, 0.2) is 36.4 Å². The van der Waals surface area contributed by atoms with Crippen LogP contribution in [0.5, 0.6) is 0 Å². The maximum absolute atomic E-state index is 12.1. The fraction of sp³-hybridized carbons (Fsp3) is 0.333. The van der Waals surface area contributed by atoms with Crippen molar-refractivity contribution < 1.29 is 9.59 Å². The maximum atomic E-state index is 12.1. The standard InChI is InChI=1S/C21H27N3O2/c1-14-6-5-7-18(12-14)8-9-22-21(26)23-13-19(25)24-20-16(3)10-15(2)11-17(20)4/h5-7,10-12H,8-9,13H2,1-4H3,(H,24,25)(H2,22,23,26). The molecule has 0 radical (unpaired) electrons. The number of aryl methyl sites for hydroxylation is 4. The molecule has 0 aliphatic rings. The molecule has 5 heteroatoms. The molecule has 2 aromatic rings. The number of anilines is 1. The second-order valence-electron chi connectivity index (χ2n) is 6.67. The first-order chi connectivity index (χ1) is 12.3. The van der Waals surface area contributed by atoms with Gasteiger partial charge in [-0.3, -0.25) is 4.79 Å². The number of carbonyl (C=O) groups is 2. The molecule has 3 amide bonds. The molecule has 0 aliphatic carbocycles. The van der Waals surface area contributed by atoms with Crippen molar-refractivity contribution in [3.05, 3.63) is 64.2 Å². The lowest BCUT2D eigenvalue weighted by Gasteiger charge is -2.13. The molecule has 0 spiro atoms. The van der Waals surface area contributed by atoms with Crippen LogP contribution in [0.1, 0.15) is 27.8 Å². The Kier molecular flexibility index (Phi) is 6.78. The molecule has 0 unspecified atom stereocenters. The van der Waals surface area contributed by atoms with Crippen LogP contribution in [0.25, 0.3) is 0 Å². The van der Waals surface area contributed by atoms with E-state index in [9.17, 15) is 9.59 Å². The van der Waals surface area contributed by atoms with Gasteiger partial charge >= 0.3 is 6.03 Å². The van der Waals surface area contributed by atoms with Gasteiger partial charge in [-0.25, -0.2) is 4.79 Å². The third kappa shape index (κ3) is 5.92. The van der Waals surface area contributed by atoms with Crippen molar-refractivity contribution in [2.45, 2.75) is 34.1 Å². The van der Waals surface area contributed by atoms with Gasteiger partial charge in [-0.05, 0) is 50.8 Å². The van der Waals surface area contributed by atoms with Crippen LogP contribution in [0, 0.1) is 27.7 Å². The van der Waals surface area contributed by atoms with Gasteiger partial charge in [-0.2, -0.15) is 0 Å². The zero-order valence-corrected chi connectivity index (χ0v) is 15.9. The second-order valence-corrected chi connectivity index (χ2v) is 6.67. The van der Waals surface area contributed by atoms with E-state index in [1.54, 1.807) is 0 Å². The second kappa shape index (κ2) is 9.04. The monoisotopic (exact) mass is 353 g/mol. The first kappa shape index (κ1) is 19.5. The molecule has 2 rings (SSSR count). The summed E-state index contributed by atoms with van der Waals surface area (Å²) < 4.78 is 0. The smallest absolute Gasteiger partial charge is 0.315 e. The molecule has 0 atom stereocenters. The molecule has 0 aliphatic heterocycles. The number of benzene rings is 2. The summed E-state index contributed by atoms with van der Waals surface area (Å²) in [7, 11) is 0. The first-order valence-electron chi connectivity index (χ1n) is 8.80. The number of urea groups is 1. The van der Waals surface area contributed by atoms with E-state index in [0.717, 1.165) is 28.8 Å². The summed E-state index contributed by atoms with van der Waals surface area (Å²) in [5.74, 6) is -0.242. The Hall–Kier alpha value is -2.82. The summed E-state index contributed by atoms with van der Waals surface area (Å²) in [5, 5.41) is 8.23. The lowest BCUT2D eigenvalue weighted by molar-refractivity contribution is -0.115. The summed E-state index contributed by atoms with van der Waals surface area (Å²) in [6.07, 6.45) is 0.753. The van der Waals surface area contributed by atoms with Crippen LogP contribution in [-0.2, 0) is 11.2 Å². The predicted octanol–water partition coefficient (Wildman–Crippen LogP) is 3.40. The quantitative estimate of drug-likeness (QED) is 0.745. The van der Waals surface area contributed by atoms with E-state index in [1.165, 1.54) is 11.1 Å². The number of carbonyl (C=O) groups excluding carboxylic acids is 2. The van der Waals surface area contributed by atoms with Crippen LogP contribution >= 0.6 is 0 Å². The molecule has 0 saturated heterocycles. The van der Waals surface area contributed by atoms with E-state index in [1.807, 2.05) is 58.0 Å². The molecule has 2 aromatic carbocycles. The highest BCUT2D eigenvalue weighted by atomic mass is 16.2. The first-order valence-corrected chi connectivity index (χ1v) is 8.80. The molecule has 0 saturated carbocycles. The van der Waals surface area contributed by atoms with Crippen LogP contribution in [0.2, 0.25) is 0 Å². The number of amides is 3. The molecule has 26 heavy (non-hydrogen) atoms. The van der Waals surface area contributed by atoms with Gasteiger partial charge in [0.25, 0.3) is 0 Å². The lowest BCUT2D eigenvalue weighted by Crippen LogP contribution is -2.40. The molecular weight excluding hydrogens is 326 g/mol. The summed E-state index contributed by atoms with van der Waals surface area (Å²) in [6, 6.07) is 11.9. The molecule has 3 N–H and O–H groups in total. The zero-order chi connectivity index (χ0) is 19.1. The van der Waals surface area contributed by atoms with E-state index in [4.69, 9.17) is 0 Å². The fourth-order valence-corrected chi connectivity index (χ4v) is 2.97. The van der Waals surface area contributed by atoms with Crippen LogP contribution in [0.4, 0.5) is 10.5 Å². The summed E-state index contributed by atoms with van der Waals surface area (Å²) in [5.41, 5.74) is 6.36. The average molecular weight is 353 g/mol. The van der Waals surface area contributed by atoms with E-state index in [2.05, 4.69) is 22.0 Å². The fourth-order valence-electron chi connectivity index (χ4n) is 2.97. The van der Waals surface area contributed by atoms with Crippen molar-refractivity contribution in [2.75, 3.05) is 18.4 Å². The molecule has 138 valence electrons. The van der Waals surface area contributed by atoms with Gasteiger partial charge in [0.2, 0.25) is 5.91 Å². The molecule has 0 heterocycles. The van der Waals surface area contributed by atoms with Crippen molar-refractivity contribution in [1.82, 2.24) is 10.6 Å².